The highest BCUT2D eigenvalue weighted by molar-refractivity contribution is 6.99. The Balaban J connectivity index is 2.10. The van der Waals surface area contributed by atoms with E-state index in [1.807, 2.05) is 4.90 Å². The van der Waals surface area contributed by atoms with Gasteiger partial charge in [-0.25, -0.2) is 0 Å². The summed E-state index contributed by atoms with van der Waals surface area (Å²) in [4.78, 5) is 1.97. The minimum absolute atomic E-state index is 0.0201. The van der Waals surface area contributed by atoms with E-state index in [1.54, 1.807) is 0 Å². The first-order valence-electron chi connectivity index (χ1n) is 8.47. The van der Waals surface area contributed by atoms with Crippen LogP contribution in [0.15, 0.2) is 60.7 Å². The molecule has 0 bridgehead atoms. The zero-order valence-electron chi connectivity index (χ0n) is 14.7. The van der Waals surface area contributed by atoms with Gasteiger partial charge in [0.2, 0.25) is 0 Å². The Morgan fingerprint density at radius 3 is 1.79 bits per heavy atom. The SMILES string of the molecule is C#CN1CC(O[Si](c2ccccc2)(c2ccccc2)C(C)(C)C)C1. The van der Waals surface area contributed by atoms with Crippen molar-refractivity contribution in [2.24, 2.45) is 0 Å². The van der Waals surface area contributed by atoms with Crippen molar-refractivity contribution in [3.63, 3.8) is 0 Å². The van der Waals surface area contributed by atoms with Crippen LogP contribution in [0.3, 0.4) is 0 Å². The van der Waals surface area contributed by atoms with Crippen LogP contribution in [0.1, 0.15) is 20.8 Å². The number of likely N-dealkylation sites (tertiary alicyclic amines) is 1. The normalized spacial score (nSPS) is 15.7. The Labute approximate surface area is 146 Å². The van der Waals surface area contributed by atoms with Crippen molar-refractivity contribution in [3.8, 4) is 12.5 Å². The van der Waals surface area contributed by atoms with Crippen LogP contribution in [0.25, 0.3) is 0 Å². The van der Waals surface area contributed by atoms with Crippen molar-refractivity contribution in [2.75, 3.05) is 13.1 Å². The van der Waals surface area contributed by atoms with E-state index in [2.05, 4.69) is 87.5 Å². The van der Waals surface area contributed by atoms with Crippen molar-refractivity contribution < 1.29 is 4.43 Å². The highest BCUT2D eigenvalue weighted by atomic mass is 28.4. The minimum Gasteiger partial charge on any atom is -0.401 e. The van der Waals surface area contributed by atoms with E-state index in [0.717, 1.165) is 13.1 Å². The fourth-order valence-corrected chi connectivity index (χ4v) is 8.22. The van der Waals surface area contributed by atoms with E-state index in [9.17, 15) is 0 Å². The Morgan fingerprint density at radius 2 is 1.42 bits per heavy atom. The molecular weight excluding hydrogens is 310 g/mol. The first kappa shape index (κ1) is 16.8. The van der Waals surface area contributed by atoms with Crippen molar-refractivity contribution in [1.29, 1.82) is 0 Å². The molecule has 24 heavy (non-hydrogen) atoms. The zero-order chi connectivity index (χ0) is 17.2. The van der Waals surface area contributed by atoms with Gasteiger partial charge in [0.15, 0.2) is 0 Å². The largest absolute Gasteiger partial charge is 0.401 e. The maximum Gasteiger partial charge on any atom is 0.261 e. The summed E-state index contributed by atoms with van der Waals surface area (Å²) in [6, 6.07) is 24.2. The summed E-state index contributed by atoms with van der Waals surface area (Å²) in [5, 5.41) is 2.66. The minimum atomic E-state index is -2.42. The molecule has 2 nitrogen and oxygen atoms in total. The fraction of sp³-hybridized carbons (Fsp3) is 0.333. The highest BCUT2D eigenvalue weighted by Crippen LogP contribution is 2.38. The van der Waals surface area contributed by atoms with Crippen molar-refractivity contribution in [2.45, 2.75) is 31.9 Å². The van der Waals surface area contributed by atoms with Crippen molar-refractivity contribution in [3.05, 3.63) is 60.7 Å². The average molecular weight is 336 g/mol. The molecule has 1 aliphatic rings. The molecule has 2 aromatic rings. The summed E-state index contributed by atoms with van der Waals surface area (Å²) >= 11 is 0. The van der Waals surface area contributed by atoms with Gasteiger partial charge in [-0.2, -0.15) is 0 Å². The van der Waals surface area contributed by atoms with Gasteiger partial charge in [0, 0.05) is 6.04 Å². The maximum absolute atomic E-state index is 6.94. The van der Waals surface area contributed by atoms with Crippen molar-refractivity contribution in [1.82, 2.24) is 4.90 Å². The van der Waals surface area contributed by atoms with Gasteiger partial charge < -0.3 is 9.33 Å². The van der Waals surface area contributed by atoms with E-state index < -0.39 is 8.32 Å². The molecule has 2 aromatic carbocycles. The van der Waals surface area contributed by atoms with Crippen LogP contribution in [-0.4, -0.2) is 32.4 Å². The summed E-state index contributed by atoms with van der Waals surface area (Å²) in [6.07, 6.45) is 5.70. The second-order valence-electron chi connectivity index (χ2n) is 7.44. The number of terminal acetylenes is 1. The second-order valence-corrected chi connectivity index (χ2v) is 11.7. The van der Waals surface area contributed by atoms with Gasteiger partial charge >= 0.3 is 0 Å². The summed E-state index contributed by atoms with van der Waals surface area (Å²) in [7, 11) is -2.42. The van der Waals surface area contributed by atoms with Crippen LogP contribution in [0.2, 0.25) is 5.04 Å². The third-order valence-corrected chi connectivity index (χ3v) is 9.88. The Bertz CT molecular complexity index is 669. The molecule has 0 unspecified atom stereocenters. The number of hydrogen-bond acceptors (Lipinski definition) is 2. The molecular formula is C21H25NOSi. The first-order valence-corrected chi connectivity index (χ1v) is 10.4. The van der Waals surface area contributed by atoms with Gasteiger partial charge in [-0.3, -0.25) is 0 Å². The molecule has 1 heterocycles. The van der Waals surface area contributed by atoms with Gasteiger partial charge in [-0.15, -0.1) is 0 Å². The summed E-state index contributed by atoms with van der Waals surface area (Å²) in [5.41, 5.74) is 0. The Hall–Kier alpha value is -2.02. The van der Waals surface area contributed by atoms with Crippen LogP contribution in [-0.2, 0) is 4.43 Å². The lowest BCUT2D eigenvalue weighted by atomic mass is 10.2. The monoisotopic (exact) mass is 335 g/mol. The van der Waals surface area contributed by atoms with E-state index in [4.69, 9.17) is 10.8 Å². The second kappa shape index (κ2) is 6.47. The van der Waals surface area contributed by atoms with Crippen LogP contribution < -0.4 is 10.4 Å². The van der Waals surface area contributed by atoms with Crippen molar-refractivity contribution >= 4 is 18.7 Å². The fourth-order valence-electron chi connectivity index (χ4n) is 3.56. The summed E-state index contributed by atoms with van der Waals surface area (Å²) in [6.45, 7) is 8.55. The molecule has 3 heteroatoms. The molecule has 0 spiro atoms. The molecule has 3 rings (SSSR count). The molecule has 1 aliphatic heterocycles. The lowest BCUT2D eigenvalue weighted by Crippen LogP contribution is -2.70. The van der Waals surface area contributed by atoms with Gasteiger partial charge in [-0.05, 0) is 15.4 Å². The van der Waals surface area contributed by atoms with Crippen LogP contribution in [0.5, 0.6) is 0 Å². The lowest BCUT2D eigenvalue weighted by molar-refractivity contribution is 0.0525. The van der Waals surface area contributed by atoms with Gasteiger partial charge in [0.25, 0.3) is 8.32 Å². The molecule has 0 radical (unpaired) electrons. The third kappa shape index (κ3) is 2.88. The van der Waals surface area contributed by atoms with E-state index in [0.29, 0.717) is 0 Å². The molecule has 0 aliphatic carbocycles. The predicted octanol–water partition coefficient (Wildman–Crippen LogP) is 2.84. The van der Waals surface area contributed by atoms with E-state index >= 15 is 0 Å². The summed E-state index contributed by atoms with van der Waals surface area (Å²) < 4.78 is 6.94. The standard InChI is InChI=1S/C21H25NOSi/c1-5-22-16-18(17-22)23-24(21(2,3)4,19-12-8-6-9-13-19)20-14-10-7-11-15-20/h1,6-15,18H,16-17H2,2-4H3. The van der Waals surface area contributed by atoms with Gasteiger partial charge in [-0.1, -0.05) is 87.9 Å². The third-order valence-electron chi connectivity index (χ3n) is 4.79. The highest BCUT2D eigenvalue weighted by Gasteiger charge is 2.52. The van der Waals surface area contributed by atoms with Crippen LogP contribution >= 0.6 is 0 Å². The molecule has 0 saturated carbocycles. The lowest BCUT2D eigenvalue weighted by Gasteiger charge is -2.48. The smallest absolute Gasteiger partial charge is 0.261 e. The van der Waals surface area contributed by atoms with Crippen LogP contribution in [0.4, 0.5) is 0 Å². The van der Waals surface area contributed by atoms with E-state index in [1.165, 1.54) is 10.4 Å². The number of hydrogen-bond donors (Lipinski definition) is 0. The quantitative estimate of drug-likeness (QED) is 0.629. The first-order chi connectivity index (χ1) is 11.5. The van der Waals surface area contributed by atoms with Gasteiger partial charge in [0.1, 0.15) is 0 Å². The van der Waals surface area contributed by atoms with Gasteiger partial charge in [0.05, 0.1) is 19.2 Å². The predicted molar refractivity (Wildman–Crippen MR) is 103 cm³/mol. The topological polar surface area (TPSA) is 12.5 Å². The molecule has 0 aromatic heterocycles. The Morgan fingerprint density at radius 1 is 0.958 bits per heavy atom. The summed E-state index contributed by atoms with van der Waals surface area (Å²) in [5.74, 6) is 0. The zero-order valence-corrected chi connectivity index (χ0v) is 15.7. The molecule has 0 atom stereocenters. The Kier molecular flexibility index (Phi) is 4.53. The van der Waals surface area contributed by atoms with Crippen LogP contribution in [0, 0.1) is 12.5 Å². The molecule has 1 saturated heterocycles. The number of nitrogens with zero attached hydrogens (tertiary/aromatic N) is 1. The number of rotatable bonds is 4. The molecule has 0 amide bonds. The number of benzene rings is 2. The average Bonchev–Trinajstić information content (AvgIpc) is 2.54. The molecule has 124 valence electrons. The maximum atomic E-state index is 6.94. The van der Waals surface area contributed by atoms with E-state index in [-0.39, 0.29) is 11.1 Å². The molecule has 1 fully saturated rings. The molecule has 0 N–H and O–H groups in total.